The van der Waals surface area contributed by atoms with Gasteiger partial charge in [0, 0.05) is 25.7 Å². The molecule has 0 bridgehead atoms. The highest BCUT2D eigenvalue weighted by Crippen LogP contribution is 2.24. The largest absolute Gasteiger partial charge is 0.395 e. The molecule has 2 N–H and O–H groups in total. The minimum atomic E-state index is -3.74. The Labute approximate surface area is 179 Å². The van der Waals surface area contributed by atoms with Crippen molar-refractivity contribution >= 4 is 10.0 Å². The number of hydrogen-bond donors (Lipinski definition) is 2. The number of rotatable bonds is 10. The monoisotopic (exact) mass is 432 g/mol. The van der Waals surface area contributed by atoms with Crippen LogP contribution in [0.15, 0.2) is 53.4 Å². The minimum absolute atomic E-state index is 0.0394. The van der Waals surface area contributed by atoms with Crippen molar-refractivity contribution in [2.75, 3.05) is 39.4 Å². The predicted octanol–water partition coefficient (Wildman–Crippen LogP) is 2.36. The minimum Gasteiger partial charge on any atom is -0.395 e. The van der Waals surface area contributed by atoms with Gasteiger partial charge in [0.25, 0.3) is 0 Å². The van der Waals surface area contributed by atoms with Crippen LogP contribution >= 0.6 is 0 Å². The summed E-state index contributed by atoms with van der Waals surface area (Å²) in [6, 6.07) is 15.9. The molecule has 3 rings (SSSR count). The van der Waals surface area contributed by atoms with E-state index in [9.17, 15) is 8.42 Å². The number of aliphatic hydroxyl groups excluding tert-OH is 2. The molecule has 0 aromatic heterocycles. The lowest BCUT2D eigenvalue weighted by Crippen LogP contribution is -2.35. The van der Waals surface area contributed by atoms with Gasteiger partial charge < -0.3 is 15.1 Å². The van der Waals surface area contributed by atoms with Crippen molar-refractivity contribution in [1.29, 1.82) is 0 Å². The van der Waals surface area contributed by atoms with Gasteiger partial charge in [-0.2, -0.15) is 4.31 Å². The maximum Gasteiger partial charge on any atom is 0.243 e. The molecule has 1 saturated heterocycles. The summed E-state index contributed by atoms with van der Waals surface area (Å²) >= 11 is 0. The number of likely N-dealkylation sites (tertiary alicyclic amines) is 1. The molecule has 1 atom stereocenters. The molecule has 0 unspecified atom stereocenters. The first-order valence-electron chi connectivity index (χ1n) is 10.6. The second-order valence-electron chi connectivity index (χ2n) is 7.85. The zero-order valence-electron chi connectivity index (χ0n) is 17.6. The number of aliphatic hydroxyl groups is 2. The molecule has 1 heterocycles. The Balaban J connectivity index is 1.67. The molecule has 2 aromatic rings. The van der Waals surface area contributed by atoms with E-state index in [2.05, 4.69) is 36.1 Å². The lowest BCUT2D eigenvalue weighted by atomic mass is 10.0. The van der Waals surface area contributed by atoms with Crippen LogP contribution in [-0.2, 0) is 16.4 Å². The molecule has 0 spiro atoms. The SMILES string of the molecule is C[C@@H]1CCCN1CCc1ccc(-c2ccc(S(=O)(=O)N(CCO)CCO)cc2)cc1. The molecule has 0 radical (unpaired) electrons. The molecule has 0 aliphatic carbocycles. The third-order valence-corrected chi connectivity index (χ3v) is 7.77. The van der Waals surface area contributed by atoms with E-state index in [4.69, 9.17) is 10.2 Å². The molecular formula is C23H32N2O4S. The van der Waals surface area contributed by atoms with Gasteiger partial charge in [-0.1, -0.05) is 36.4 Å². The van der Waals surface area contributed by atoms with E-state index in [1.54, 1.807) is 24.3 Å². The average Bonchev–Trinajstić information content (AvgIpc) is 3.17. The summed E-state index contributed by atoms with van der Waals surface area (Å²) in [5, 5.41) is 18.2. The van der Waals surface area contributed by atoms with E-state index in [0.29, 0.717) is 6.04 Å². The Bertz CT molecular complexity index is 892. The van der Waals surface area contributed by atoms with E-state index in [1.165, 1.54) is 24.9 Å². The van der Waals surface area contributed by atoms with Gasteiger partial charge >= 0.3 is 0 Å². The fraction of sp³-hybridized carbons (Fsp3) is 0.478. The summed E-state index contributed by atoms with van der Waals surface area (Å²) in [4.78, 5) is 2.70. The van der Waals surface area contributed by atoms with E-state index >= 15 is 0 Å². The van der Waals surface area contributed by atoms with Crippen molar-refractivity contribution < 1.29 is 18.6 Å². The van der Waals surface area contributed by atoms with Crippen LogP contribution in [0.25, 0.3) is 11.1 Å². The fourth-order valence-electron chi connectivity index (χ4n) is 4.01. The van der Waals surface area contributed by atoms with Gasteiger partial charge in [0.1, 0.15) is 0 Å². The topological polar surface area (TPSA) is 81.1 Å². The van der Waals surface area contributed by atoms with Crippen molar-refractivity contribution in [2.45, 2.75) is 37.1 Å². The Hall–Kier alpha value is -1.77. The number of hydrogen-bond acceptors (Lipinski definition) is 5. The molecule has 1 aliphatic heterocycles. The quantitative estimate of drug-likeness (QED) is 0.602. The Morgan fingerprint density at radius 1 is 0.967 bits per heavy atom. The summed E-state index contributed by atoms with van der Waals surface area (Å²) in [5.74, 6) is 0. The van der Waals surface area contributed by atoms with Crippen LogP contribution in [0, 0.1) is 0 Å². The molecule has 6 nitrogen and oxygen atoms in total. The van der Waals surface area contributed by atoms with Gasteiger partial charge in [-0.25, -0.2) is 8.42 Å². The Morgan fingerprint density at radius 3 is 2.03 bits per heavy atom. The summed E-state index contributed by atoms with van der Waals surface area (Å²) in [6.45, 7) is 3.92. The molecule has 1 fully saturated rings. The Kier molecular flexibility index (Phi) is 8.02. The fourth-order valence-corrected chi connectivity index (χ4v) is 5.43. The first-order valence-corrected chi connectivity index (χ1v) is 12.0. The average molecular weight is 433 g/mol. The normalized spacial score (nSPS) is 17.7. The zero-order valence-corrected chi connectivity index (χ0v) is 18.4. The number of benzene rings is 2. The Morgan fingerprint density at radius 2 is 1.53 bits per heavy atom. The second kappa shape index (κ2) is 10.5. The molecule has 2 aromatic carbocycles. The second-order valence-corrected chi connectivity index (χ2v) is 9.79. The van der Waals surface area contributed by atoms with E-state index in [-0.39, 0.29) is 31.2 Å². The maximum absolute atomic E-state index is 12.7. The van der Waals surface area contributed by atoms with Crippen LogP contribution in [-0.4, -0.2) is 73.3 Å². The smallest absolute Gasteiger partial charge is 0.243 e. The van der Waals surface area contributed by atoms with Crippen LogP contribution in [0.2, 0.25) is 0 Å². The molecular weight excluding hydrogens is 400 g/mol. The van der Waals surface area contributed by atoms with E-state index in [0.717, 1.165) is 28.4 Å². The van der Waals surface area contributed by atoms with Gasteiger partial charge in [0.05, 0.1) is 18.1 Å². The molecule has 164 valence electrons. The van der Waals surface area contributed by atoms with Crippen molar-refractivity contribution in [3.05, 3.63) is 54.1 Å². The van der Waals surface area contributed by atoms with Crippen molar-refractivity contribution in [3.8, 4) is 11.1 Å². The highest BCUT2D eigenvalue weighted by Gasteiger charge is 2.23. The van der Waals surface area contributed by atoms with Crippen LogP contribution in [0.3, 0.4) is 0 Å². The zero-order chi connectivity index (χ0) is 21.6. The first-order chi connectivity index (χ1) is 14.5. The summed E-state index contributed by atoms with van der Waals surface area (Å²) < 4.78 is 26.5. The van der Waals surface area contributed by atoms with Crippen LogP contribution < -0.4 is 0 Å². The first kappa shape index (κ1) is 22.9. The lowest BCUT2D eigenvalue weighted by Gasteiger charge is -2.21. The standard InChI is InChI=1S/C23H32N2O4S/c1-19-3-2-13-24(19)14-12-20-4-6-21(7-5-20)22-8-10-23(11-9-22)30(28,29)25(15-17-26)16-18-27/h4-11,19,26-27H,2-3,12-18H2,1H3/t19-/m1/s1. The third kappa shape index (κ3) is 5.47. The van der Waals surface area contributed by atoms with Crippen LogP contribution in [0.5, 0.6) is 0 Å². The third-order valence-electron chi connectivity index (χ3n) is 5.86. The van der Waals surface area contributed by atoms with Crippen LogP contribution in [0.1, 0.15) is 25.3 Å². The molecule has 0 saturated carbocycles. The highest BCUT2D eigenvalue weighted by molar-refractivity contribution is 7.89. The molecule has 1 aliphatic rings. The number of nitrogens with zero attached hydrogens (tertiary/aromatic N) is 2. The molecule has 30 heavy (non-hydrogen) atoms. The number of sulfonamides is 1. The van der Waals surface area contributed by atoms with Gasteiger partial charge in [-0.3, -0.25) is 0 Å². The molecule has 7 heteroatoms. The summed E-state index contributed by atoms with van der Waals surface area (Å²) in [7, 11) is -3.74. The van der Waals surface area contributed by atoms with Gasteiger partial charge in [-0.15, -0.1) is 0 Å². The van der Waals surface area contributed by atoms with Gasteiger partial charge in [0.2, 0.25) is 10.0 Å². The van der Waals surface area contributed by atoms with Crippen molar-refractivity contribution in [1.82, 2.24) is 9.21 Å². The predicted molar refractivity (Wildman–Crippen MR) is 119 cm³/mol. The summed E-state index contributed by atoms with van der Waals surface area (Å²) in [6.07, 6.45) is 3.62. The van der Waals surface area contributed by atoms with E-state index in [1.807, 2.05) is 0 Å². The van der Waals surface area contributed by atoms with Gasteiger partial charge in [-0.05, 0) is 61.6 Å². The highest BCUT2D eigenvalue weighted by atomic mass is 32.2. The molecule has 0 amide bonds. The van der Waals surface area contributed by atoms with Crippen molar-refractivity contribution in [2.24, 2.45) is 0 Å². The van der Waals surface area contributed by atoms with E-state index < -0.39 is 10.0 Å². The summed E-state index contributed by atoms with van der Waals surface area (Å²) in [5.41, 5.74) is 3.30. The van der Waals surface area contributed by atoms with Crippen molar-refractivity contribution in [3.63, 3.8) is 0 Å². The maximum atomic E-state index is 12.7. The lowest BCUT2D eigenvalue weighted by molar-refractivity contribution is 0.217. The van der Waals surface area contributed by atoms with Crippen LogP contribution in [0.4, 0.5) is 0 Å². The van der Waals surface area contributed by atoms with Gasteiger partial charge in [0.15, 0.2) is 0 Å².